The summed E-state index contributed by atoms with van der Waals surface area (Å²) in [5, 5.41) is 11.3. The highest BCUT2D eigenvalue weighted by Crippen LogP contribution is 2.35. The van der Waals surface area contributed by atoms with Gasteiger partial charge in [-0.3, -0.25) is 9.69 Å². The Labute approximate surface area is 136 Å². The maximum atomic E-state index is 12.4. The monoisotopic (exact) mass is 341 g/mol. The van der Waals surface area contributed by atoms with Crippen LogP contribution in [-0.4, -0.2) is 32.2 Å². The van der Waals surface area contributed by atoms with Crippen LogP contribution in [-0.2, 0) is 9.59 Å². The molecule has 0 saturated carbocycles. The van der Waals surface area contributed by atoms with Crippen molar-refractivity contribution >= 4 is 57.6 Å². The Morgan fingerprint density at radius 2 is 2.33 bits per heavy atom. The van der Waals surface area contributed by atoms with Gasteiger partial charge in [-0.15, -0.1) is 11.3 Å². The lowest BCUT2D eigenvalue weighted by molar-refractivity contribution is -0.145. The first-order valence-corrected chi connectivity index (χ1v) is 8.68. The topological polar surface area (TPSA) is 57.6 Å². The van der Waals surface area contributed by atoms with Gasteiger partial charge in [-0.25, -0.2) is 4.79 Å². The van der Waals surface area contributed by atoms with E-state index in [1.54, 1.807) is 6.08 Å². The number of thiophene rings is 1. The van der Waals surface area contributed by atoms with Crippen LogP contribution < -0.4 is 0 Å². The Morgan fingerprint density at radius 3 is 2.90 bits per heavy atom. The molecule has 0 aliphatic carbocycles. The zero-order chi connectivity index (χ0) is 15.4. The fourth-order valence-electron chi connectivity index (χ4n) is 2.01. The number of aliphatic carboxylic acids is 1. The van der Waals surface area contributed by atoms with E-state index in [2.05, 4.69) is 0 Å². The molecular weight excluding hydrogens is 326 g/mol. The van der Waals surface area contributed by atoms with Gasteiger partial charge < -0.3 is 5.11 Å². The molecule has 4 nitrogen and oxygen atoms in total. The van der Waals surface area contributed by atoms with Crippen molar-refractivity contribution in [1.82, 2.24) is 4.90 Å². The minimum Gasteiger partial charge on any atom is -0.480 e. The number of amides is 1. The van der Waals surface area contributed by atoms with Crippen molar-refractivity contribution in [1.29, 1.82) is 0 Å². The number of rotatable bonds is 6. The molecule has 1 saturated heterocycles. The van der Waals surface area contributed by atoms with Crippen molar-refractivity contribution in [3.8, 4) is 0 Å². The van der Waals surface area contributed by atoms with Gasteiger partial charge in [-0.2, -0.15) is 0 Å². The number of thiocarbonyl (C=S) groups is 1. The molecule has 1 aromatic heterocycles. The van der Waals surface area contributed by atoms with Crippen LogP contribution in [0.4, 0.5) is 0 Å². The van der Waals surface area contributed by atoms with Gasteiger partial charge in [0.1, 0.15) is 10.4 Å². The first-order chi connectivity index (χ1) is 10.0. The van der Waals surface area contributed by atoms with Crippen LogP contribution in [0.5, 0.6) is 0 Å². The molecule has 1 atom stereocenters. The number of carbonyl (C=O) groups excluding carboxylic acids is 1. The number of carbonyl (C=O) groups is 2. The lowest BCUT2D eigenvalue weighted by Crippen LogP contribution is -2.43. The fraction of sp³-hybridized carbons (Fsp3) is 0.357. The molecule has 2 rings (SSSR count). The molecule has 0 spiro atoms. The maximum Gasteiger partial charge on any atom is 0.326 e. The zero-order valence-electron chi connectivity index (χ0n) is 11.4. The Morgan fingerprint density at radius 1 is 1.57 bits per heavy atom. The largest absolute Gasteiger partial charge is 0.480 e. The number of hydrogen-bond acceptors (Lipinski definition) is 5. The summed E-state index contributed by atoms with van der Waals surface area (Å²) in [7, 11) is 0. The molecule has 112 valence electrons. The minimum atomic E-state index is -1.00. The standard InChI is InChI=1S/C14H15NO3S3/c1-2-3-6-10(13(17)18)15-12(16)11(21-14(15)19)8-9-5-4-7-20-9/h4-5,7-8,10H,2-3,6H2,1H3,(H,17,18). The second kappa shape index (κ2) is 7.20. The van der Waals surface area contributed by atoms with E-state index in [1.165, 1.54) is 28.0 Å². The summed E-state index contributed by atoms with van der Waals surface area (Å²) in [4.78, 5) is 26.6. The Balaban J connectivity index is 2.22. The van der Waals surface area contributed by atoms with Gasteiger partial charge >= 0.3 is 5.97 Å². The third kappa shape index (κ3) is 3.72. The summed E-state index contributed by atoms with van der Waals surface area (Å²) in [5.74, 6) is -1.31. The lowest BCUT2D eigenvalue weighted by atomic mass is 10.1. The van der Waals surface area contributed by atoms with Crippen LogP contribution in [0.3, 0.4) is 0 Å². The fourth-order valence-corrected chi connectivity index (χ4v) is 4.09. The van der Waals surface area contributed by atoms with Crippen molar-refractivity contribution in [3.05, 3.63) is 27.3 Å². The summed E-state index contributed by atoms with van der Waals surface area (Å²) < 4.78 is 0.325. The number of carboxylic acid groups (broad SMARTS) is 1. The van der Waals surface area contributed by atoms with Gasteiger partial charge in [-0.1, -0.05) is 49.8 Å². The van der Waals surface area contributed by atoms with E-state index in [-0.39, 0.29) is 5.91 Å². The SMILES string of the molecule is CCCCC(C(=O)O)N1C(=O)C(=Cc2cccs2)SC1=S. The quantitative estimate of drug-likeness (QED) is 0.633. The van der Waals surface area contributed by atoms with Crippen molar-refractivity contribution in [2.75, 3.05) is 0 Å². The Bertz CT molecular complexity index is 580. The highest BCUT2D eigenvalue weighted by molar-refractivity contribution is 8.26. The van der Waals surface area contributed by atoms with E-state index in [9.17, 15) is 14.7 Å². The van der Waals surface area contributed by atoms with Gasteiger partial charge in [0.2, 0.25) is 0 Å². The van der Waals surface area contributed by atoms with E-state index < -0.39 is 12.0 Å². The average Bonchev–Trinajstić information content (AvgIpc) is 3.02. The zero-order valence-corrected chi connectivity index (χ0v) is 13.9. The first kappa shape index (κ1) is 16.2. The molecule has 1 unspecified atom stereocenters. The maximum absolute atomic E-state index is 12.4. The highest BCUT2D eigenvalue weighted by Gasteiger charge is 2.40. The summed E-state index contributed by atoms with van der Waals surface area (Å²) in [6.07, 6.45) is 3.81. The van der Waals surface area contributed by atoms with Crippen molar-refractivity contribution in [2.24, 2.45) is 0 Å². The van der Waals surface area contributed by atoms with Crippen LogP contribution in [0.2, 0.25) is 0 Å². The number of thioether (sulfide) groups is 1. The molecule has 2 heterocycles. The molecule has 1 aliphatic heterocycles. The normalized spacial score (nSPS) is 18.5. The molecule has 0 radical (unpaired) electrons. The van der Waals surface area contributed by atoms with E-state index in [0.29, 0.717) is 15.6 Å². The minimum absolute atomic E-state index is 0.304. The number of carboxylic acids is 1. The van der Waals surface area contributed by atoms with Crippen LogP contribution >= 0.6 is 35.3 Å². The molecule has 7 heteroatoms. The smallest absolute Gasteiger partial charge is 0.326 e. The van der Waals surface area contributed by atoms with Crippen molar-refractivity contribution in [2.45, 2.75) is 32.2 Å². The summed E-state index contributed by atoms with van der Waals surface area (Å²) in [5.41, 5.74) is 0. The summed E-state index contributed by atoms with van der Waals surface area (Å²) in [6.45, 7) is 1.99. The molecule has 1 fully saturated rings. The number of nitrogens with zero attached hydrogens (tertiary/aromatic N) is 1. The van der Waals surface area contributed by atoms with Gasteiger partial charge in [0.15, 0.2) is 0 Å². The molecule has 21 heavy (non-hydrogen) atoms. The molecular formula is C14H15NO3S3. The number of hydrogen-bond donors (Lipinski definition) is 1. The van der Waals surface area contributed by atoms with Gasteiger partial charge in [-0.05, 0) is 23.9 Å². The Hall–Kier alpha value is -1.18. The molecule has 1 amide bonds. The van der Waals surface area contributed by atoms with Gasteiger partial charge in [0.05, 0.1) is 4.91 Å². The van der Waals surface area contributed by atoms with Crippen LogP contribution in [0.25, 0.3) is 6.08 Å². The lowest BCUT2D eigenvalue weighted by Gasteiger charge is -2.22. The van der Waals surface area contributed by atoms with Gasteiger partial charge in [0, 0.05) is 4.88 Å². The molecule has 0 aromatic carbocycles. The summed E-state index contributed by atoms with van der Waals surface area (Å²) >= 11 is 7.90. The molecule has 0 bridgehead atoms. The van der Waals surface area contributed by atoms with Crippen LogP contribution in [0.1, 0.15) is 31.1 Å². The number of unbranched alkanes of at least 4 members (excludes halogenated alkanes) is 1. The molecule has 1 N–H and O–H groups in total. The van der Waals surface area contributed by atoms with Crippen LogP contribution in [0, 0.1) is 0 Å². The van der Waals surface area contributed by atoms with E-state index >= 15 is 0 Å². The average molecular weight is 341 g/mol. The molecule has 1 aromatic rings. The second-order valence-electron chi connectivity index (χ2n) is 4.56. The van der Waals surface area contributed by atoms with Crippen LogP contribution in [0.15, 0.2) is 22.4 Å². The van der Waals surface area contributed by atoms with Gasteiger partial charge in [0.25, 0.3) is 5.91 Å². The predicted octanol–water partition coefficient (Wildman–Crippen LogP) is 3.59. The highest BCUT2D eigenvalue weighted by atomic mass is 32.2. The van der Waals surface area contributed by atoms with E-state index in [4.69, 9.17) is 12.2 Å². The van der Waals surface area contributed by atoms with E-state index in [1.807, 2.05) is 24.4 Å². The molecule has 1 aliphatic rings. The van der Waals surface area contributed by atoms with Crippen molar-refractivity contribution < 1.29 is 14.7 Å². The first-order valence-electron chi connectivity index (χ1n) is 6.58. The predicted molar refractivity (Wildman–Crippen MR) is 90.3 cm³/mol. The Kier molecular flexibility index (Phi) is 5.55. The van der Waals surface area contributed by atoms with Crippen molar-refractivity contribution in [3.63, 3.8) is 0 Å². The third-order valence-corrected chi connectivity index (χ3v) is 5.22. The summed E-state index contributed by atoms with van der Waals surface area (Å²) in [6, 6.07) is 2.94. The third-order valence-electron chi connectivity index (χ3n) is 3.07. The van der Waals surface area contributed by atoms with E-state index in [0.717, 1.165) is 17.7 Å². The second-order valence-corrected chi connectivity index (χ2v) is 7.22.